The number of amides is 2. The number of benzene rings is 1. The second-order valence-corrected chi connectivity index (χ2v) is 4.33. The van der Waals surface area contributed by atoms with Crippen molar-refractivity contribution in [3.05, 3.63) is 29.8 Å². The van der Waals surface area contributed by atoms with Crippen LogP contribution in [0.3, 0.4) is 0 Å². The first kappa shape index (κ1) is 12.9. The van der Waals surface area contributed by atoms with Crippen molar-refractivity contribution in [1.29, 1.82) is 0 Å². The molecule has 1 unspecified atom stereocenters. The number of hydrogen-bond acceptors (Lipinski definition) is 3. The molecule has 5 nitrogen and oxygen atoms in total. The Morgan fingerprint density at radius 3 is 2.83 bits per heavy atom. The van der Waals surface area contributed by atoms with Gasteiger partial charge in [-0.15, -0.1) is 0 Å². The number of aliphatic hydroxyl groups is 1. The lowest BCUT2D eigenvalue weighted by Crippen LogP contribution is -2.43. The summed E-state index contributed by atoms with van der Waals surface area (Å²) in [5, 5.41) is 12.3. The van der Waals surface area contributed by atoms with Gasteiger partial charge < -0.3 is 20.1 Å². The second-order valence-electron chi connectivity index (χ2n) is 4.33. The Balaban J connectivity index is 1.99. The quantitative estimate of drug-likeness (QED) is 0.838. The minimum absolute atomic E-state index is 0.124. The summed E-state index contributed by atoms with van der Waals surface area (Å²) < 4.78 is 5.20. The Kier molecular flexibility index (Phi) is 4.17. The number of morpholine rings is 1. The monoisotopic (exact) mass is 250 g/mol. The van der Waals surface area contributed by atoms with Crippen molar-refractivity contribution in [3.8, 4) is 0 Å². The molecule has 18 heavy (non-hydrogen) atoms. The maximum absolute atomic E-state index is 11.9. The van der Waals surface area contributed by atoms with E-state index < -0.39 is 6.10 Å². The van der Waals surface area contributed by atoms with Gasteiger partial charge in [0.05, 0.1) is 19.3 Å². The Hall–Kier alpha value is -1.59. The summed E-state index contributed by atoms with van der Waals surface area (Å²) in [4.78, 5) is 13.7. The van der Waals surface area contributed by atoms with Crippen molar-refractivity contribution >= 4 is 11.7 Å². The molecule has 0 aliphatic carbocycles. The van der Waals surface area contributed by atoms with E-state index in [-0.39, 0.29) is 6.03 Å². The van der Waals surface area contributed by atoms with Crippen LogP contribution in [0.5, 0.6) is 0 Å². The van der Waals surface area contributed by atoms with Crippen LogP contribution in [0.1, 0.15) is 18.6 Å². The largest absolute Gasteiger partial charge is 0.389 e. The van der Waals surface area contributed by atoms with Crippen LogP contribution in [0.2, 0.25) is 0 Å². The predicted molar refractivity (Wildman–Crippen MR) is 68.5 cm³/mol. The first-order chi connectivity index (χ1) is 8.66. The number of carbonyl (C=O) groups is 1. The zero-order valence-electron chi connectivity index (χ0n) is 10.4. The average molecular weight is 250 g/mol. The van der Waals surface area contributed by atoms with Gasteiger partial charge in [-0.3, -0.25) is 0 Å². The summed E-state index contributed by atoms with van der Waals surface area (Å²) in [6.45, 7) is 4.09. The normalized spacial score (nSPS) is 17.3. The van der Waals surface area contributed by atoms with Gasteiger partial charge in [-0.2, -0.15) is 0 Å². The molecule has 2 rings (SSSR count). The van der Waals surface area contributed by atoms with Crippen molar-refractivity contribution in [2.45, 2.75) is 13.0 Å². The van der Waals surface area contributed by atoms with Crippen LogP contribution in [0.15, 0.2) is 24.3 Å². The van der Waals surface area contributed by atoms with Crippen molar-refractivity contribution in [2.24, 2.45) is 0 Å². The van der Waals surface area contributed by atoms with Crippen molar-refractivity contribution < 1.29 is 14.6 Å². The maximum atomic E-state index is 11.9. The molecule has 1 atom stereocenters. The molecule has 2 amide bonds. The third-order valence-corrected chi connectivity index (χ3v) is 2.92. The van der Waals surface area contributed by atoms with E-state index in [0.717, 1.165) is 5.56 Å². The summed E-state index contributed by atoms with van der Waals surface area (Å²) in [7, 11) is 0. The molecule has 1 aliphatic heterocycles. The van der Waals surface area contributed by atoms with Crippen LogP contribution >= 0.6 is 0 Å². The fourth-order valence-electron chi connectivity index (χ4n) is 1.85. The van der Waals surface area contributed by atoms with Gasteiger partial charge in [0.25, 0.3) is 0 Å². The summed E-state index contributed by atoms with van der Waals surface area (Å²) in [5.74, 6) is 0. The molecule has 0 spiro atoms. The topological polar surface area (TPSA) is 61.8 Å². The van der Waals surface area contributed by atoms with E-state index in [1.54, 1.807) is 17.9 Å². The average Bonchev–Trinajstić information content (AvgIpc) is 2.40. The first-order valence-electron chi connectivity index (χ1n) is 6.08. The molecule has 0 saturated carbocycles. The molecular formula is C13H18N2O3. The lowest BCUT2D eigenvalue weighted by molar-refractivity contribution is 0.0564. The van der Waals surface area contributed by atoms with E-state index in [1.165, 1.54) is 0 Å². The van der Waals surface area contributed by atoms with Gasteiger partial charge in [0, 0.05) is 18.8 Å². The minimum Gasteiger partial charge on any atom is -0.389 e. The lowest BCUT2D eigenvalue weighted by Gasteiger charge is -2.27. The number of rotatable bonds is 2. The minimum atomic E-state index is -0.537. The second kappa shape index (κ2) is 5.84. The van der Waals surface area contributed by atoms with Gasteiger partial charge in [-0.25, -0.2) is 4.79 Å². The van der Waals surface area contributed by atoms with Crippen LogP contribution in [-0.2, 0) is 4.74 Å². The highest BCUT2D eigenvalue weighted by Gasteiger charge is 2.16. The maximum Gasteiger partial charge on any atom is 0.321 e. The van der Waals surface area contributed by atoms with Gasteiger partial charge in [-0.05, 0) is 24.6 Å². The van der Waals surface area contributed by atoms with Crippen LogP contribution in [0.25, 0.3) is 0 Å². The molecule has 5 heteroatoms. The van der Waals surface area contributed by atoms with Gasteiger partial charge in [0.2, 0.25) is 0 Å². The number of nitrogens with zero attached hydrogens (tertiary/aromatic N) is 1. The Labute approximate surface area is 106 Å². The van der Waals surface area contributed by atoms with E-state index in [1.807, 2.05) is 18.2 Å². The summed E-state index contributed by atoms with van der Waals surface area (Å²) >= 11 is 0. The zero-order valence-corrected chi connectivity index (χ0v) is 10.4. The Morgan fingerprint density at radius 1 is 1.44 bits per heavy atom. The molecule has 0 aromatic heterocycles. The molecule has 1 aliphatic rings. The summed E-state index contributed by atoms with van der Waals surface area (Å²) in [5.41, 5.74) is 1.49. The smallest absolute Gasteiger partial charge is 0.321 e. The van der Waals surface area contributed by atoms with Gasteiger partial charge in [0.15, 0.2) is 0 Å². The third kappa shape index (κ3) is 3.21. The van der Waals surface area contributed by atoms with Crippen LogP contribution < -0.4 is 5.32 Å². The van der Waals surface area contributed by atoms with Gasteiger partial charge >= 0.3 is 6.03 Å². The van der Waals surface area contributed by atoms with Crippen molar-refractivity contribution in [3.63, 3.8) is 0 Å². The summed E-state index contributed by atoms with van der Waals surface area (Å²) in [6, 6.07) is 7.11. The third-order valence-electron chi connectivity index (χ3n) is 2.92. The van der Waals surface area contributed by atoms with Crippen molar-refractivity contribution in [2.75, 3.05) is 31.6 Å². The zero-order chi connectivity index (χ0) is 13.0. The van der Waals surface area contributed by atoms with E-state index in [0.29, 0.717) is 32.0 Å². The number of nitrogens with one attached hydrogen (secondary N) is 1. The number of carbonyl (C=O) groups excluding carboxylic acids is 1. The molecule has 1 fully saturated rings. The van der Waals surface area contributed by atoms with E-state index in [4.69, 9.17) is 4.74 Å². The standard InChI is InChI=1S/C13H18N2O3/c1-10(16)11-3-2-4-12(9-11)14-13(17)15-5-7-18-8-6-15/h2-4,9-10,16H,5-8H2,1H3,(H,14,17). The number of hydrogen-bond donors (Lipinski definition) is 2. The lowest BCUT2D eigenvalue weighted by atomic mass is 10.1. The highest BCUT2D eigenvalue weighted by molar-refractivity contribution is 5.89. The number of aliphatic hydroxyl groups excluding tert-OH is 1. The molecule has 0 bridgehead atoms. The molecule has 98 valence electrons. The van der Waals surface area contributed by atoms with Gasteiger partial charge in [0.1, 0.15) is 0 Å². The molecule has 0 radical (unpaired) electrons. The summed E-state index contributed by atoms with van der Waals surface area (Å²) in [6.07, 6.45) is -0.537. The fourth-order valence-corrected chi connectivity index (χ4v) is 1.85. The number of anilines is 1. The van der Waals surface area contributed by atoms with Crippen molar-refractivity contribution in [1.82, 2.24) is 4.90 Å². The molecule has 1 aromatic carbocycles. The van der Waals surface area contributed by atoms with Crippen LogP contribution in [0.4, 0.5) is 10.5 Å². The highest BCUT2D eigenvalue weighted by Crippen LogP contribution is 2.17. The number of urea groups is 1. The molecule has 1 saturated heterocycles. The van der Waals surface area contributed by atoms with E-state index in [2.05, 4.69) is 5.32 Å². The van der Waals surface area contributed by atoms with E-state index in [9.17, 15) is 9.90 Å². The molecule has 1 heterocycles. The van der Waals surface area contributed by atoms with Crippen LogP contribution in [0, 0.1) is 0 Å². The molecule has 2 N–H and O–H groups in total. The first-order valence-corrected chi connectivity index (χ1v) is 6.08. The number of ether oxygens (including phenoxy) is 1. The van der Waals surface area contributed by atoms with Crippen LogP contribution in [-0.4, -0.2) is 42.3 Å². The molecule has 1 aromatic rings. The Bertz CT molecular complexity index is 414. The SMILES string of the molecule is CC(O)c1cccc(NC(=O)N2CCOCC2)c1. The Morgan fingerprint density at radius 2 is 2.17 bits per heavy atom. The fraction of sp³-hybridized carbons (Fsp3) is 0.462. The van der Waals surface area contributed by atoms with E-state index >= 15 is 0 Å². The predicted octanol–water partition coefficient (Wildman–Crippen LogP) is 1.60. The van der Waals surface area contributed by atoms with Gasteiger partial charge in [-0.1, -0.05) is 12.1 Å². The highest BCUT2D eigenvalue weighted by atomic mass is 16.5. The molecular weight excluding hydrogens is 232 g/mol.